The van der Waals surface area contributed by atoms with Crippen LogP contribution in [0.1, 0.15) is 37.3 Å². The number of piperidine rings is 1. The van der Waals surface area contributed by atoms with E-state index < -0.39 is 0 Å². The predicted molar refractivity (Wildman–Crippen MR) is 125 cm³/mol. The lowest BCUT2D eigenvalue weighted by Gasteiger charge is -2.26. The first-order valence-corrected chi connectivity index (χ1v) is 10.9. The van der Waals surface area contributed by atoms with E-state index in [0.717, 1.165) is 74.3 Å². The van der Waals surface area contributed by atoms with E-state index in [1.54, 1.807) is 18.6 Å². The number of rotatable bonds is 3. The van der Waals surface area contributed by atoms with Crippen LogP contribution < -0.4 is 10.1 Å². The predicted octanol–water partition coefficient (Wildman–Crippen LogP) is 4.81. The highest BCUT2D eigenvalue weighted by atomic mass is 35.5. The maximum atomic E-state index is 6.09. The zero-order valence-corrected chi connectivity index (χ0v) is 18.9. The minimum absolute atomic E-state index is 0. The van der Waals surface area contributed by atoms with Crippen LogP contribution in [0, 0.1) is 0 Å². The standard InChI is InChI=1S/C14H21N3O2.C9H6ClN.ClH/c1-5-15-6-2-12(1)19-14-13(16-7-8-17-14)11-3-9-18-10-4-11;10-9-8-4-2-1-3-7(8)5-6-11-9;/h7-8,11-12,15H,1-6,9-10H2;1-6H;1H. The van der Waals surface area contributed by atoms with Gasteiger partial charge < -0.3 is 14.8 Å². The maximum Gasteiger partial charge on any atom is 0.236 e. The molecule has 5 rings (SSSR count). The van der Waals surface area contributed by atoms with Gasteiger partial charge in [-0.25, -0.2) is 9.97 Å². The molecular weight excluding hydrogens is 435 g/mol. The van der Waals surface area contributed by atoms with Crippen LogP contribution in [0.15, 0.2) is 48.9 Å². The molecule has 0 atom stereocenters. The van der Waals surface area contributed by atoms with Crippen molar-refractivity contribution < 1.29 is 9.47 Å². The first-order valence-electron chi connectivity index (χ1n) is 10.6. The van der Waals surface area contributed by atoms with Gasteiger partial charge in [0.05, 0.1) is 0 Å². The second kappa shape index (κ2) is 12.2. The van der Waals surface area contributed by atoms with E-state index in [9.17, 15) is 0 Å². The van der Waals surface area contributed by atoms with E-state index in [1.807, 2.05) is 30.3 Å². The zero-order valence-electron chi connectivity index (χ0n) is 17.4. The van der Waals surface area contributed by atoms with E-state index in [-0.39, 0.29) is 18.5 Å². The molecule has 0 amide bonds. The van der Waals surface area contributed by atoms with Crippen LogP contribution in [-0.2, 0) is 4.74 Å². The van der Waals surface area contributed by atoms with Crippen LogP contribution in [-0.4, -0.2) is 47.4 Å². The SMILES string of the molecule is Cl.Clc1nccc2ccccc12.c1cnc(C2CCOCC2)c(OC2CCNCC2)n1. The summed E-state index contributed by atoms with van der Waals surface area (Å²) in [6.45, 7) is 3.68. The smallest absolute Gasteiger partial charge is 0.236 e. The zero-order chi connectivity index (χ0) is 20.6. The van der Waals surface area contributed by atoms with E-state index in [4.69, 9.17) is 21.1 Å². The molecule has 166 valence electrons. The van der Waals surface area contributed by atoms with Gasteiger partial charge in [-0.2, -0.15) is 0 Å². The Kier molecular flexibility index (Phi) is 9.28. The second-order valence-electron chi connectivity index (χ2n) is 7.52. The molecule has 2 fully saturated rings. The molecule has 2 saturated heterocycles. The van der Waals surface area contributed by atoms with Gasteiger partial charge in [-0.15, -0.1) is 12.4 Å². The summed E-state index contributed by atoms with van der Waals surface area (Å²) in [5.41, 5.74) is 1.02. The Balaban J connectivity index is 0.000000194. The topological polar surface area (TPSA) is 69.2 Å². The van der Waals surface area contributed by atoms with Gasteiger partial charge in [0.25, 0.3) is 0 Å². The molecule has 0 unspecified atom stereocenters. The number of hydrogen-bond acceptors (Lipinski definition) is 6. The van der Waals surface area contributed by atoms with Gasteiger partial charge in [0.2, 0.25) is 5.88 Å². The van der Waals surface area contributed by atoms with Gasteiger partial charge in [0.1, 0.15) is 17.0 Å². The van der Waals surface area contributed by atoms with Gasteiger partial charge >= 0.3 is 0 Å². The monoisotopic (exact) mass is 462 g/mol. The van der Waals surface area contributed by atoms with Crippen molar-refractivity contribution >= 4 is 34.8 Å². The maximum absolute atomic E-state index is 6.09. The quantitative estimate of drug-likeness (QED) is 0.563. The molecular formula is C23H28Cl2N4O2. The molecule has 0 bridgehead atoms. The summed E-state index contributed by atoms with van der Waals surface area (Å²) in [7, 11) is 0. The number of hydrogen-bond donors (Lipinski definition) is 1. The van der Waals surface area contributed by atoms with Crippen molar-refractivity contribution in [3.63, 3.8) is 0 Å². The fraction of sp³-hybridized carbons (Fsp3) is 0.435. The van der Waals surface area contributed by atoms with Crippen molar-refractivity contribution in [2.45, 2.75) is 37.7 Å². The molecule has 2 aliphatic heterocycles. The number of nitrogens with one attached hydrogen (secondary N) is 1. The highest BCUT2D eigenvalue weighted by Gasteiger charge is 2.24. The summed E-state index contributed by atoms with van der Waals surface area (Å²) in [4.78, 5) is 12.9. The van der Waals surface area contributed by atoms with Gasteiger partial charge in [-0.1, -0.05) is 35.9 Å². The van der Waals surface area contributed by atoms with Gasteiger partial charge in [0.15, 0.2) is 0 Å². The van der Waals surface area contributed by atoms with Crippen LogP contribution in [0.2, 0.25) is 5.15 Å². The van der Waals surface area contributed by atoms with E-state index in [2.05, 4.69) is 20.3 Å². The third-order valence-electron chi connectivity index (χ3n) is 5.49. The largest absolute Gasteiger partial charge is 0.473 e. The summed E-state index contributed by atoms with van der Waals surface area (Å²) < 4.78 is 11.5. The van der Waals surface area contributed by atoms with Crippen molar-refractivity contribution in [1.29, 1.82) is 0 Å². The Hall–Kier alpha value is -1.99. The number of fused-ring (bicyclic) bond motifs is 1. The van der Waals surface area contributed by atoms with Crippen molar-refractivity contribution in [2.75, 3.05) is 26.3 Å². The Morgan fingerprint density at radius 2 is 1.65 bits per heavy atom. The molecule has 6 nitrogen and oxygen atoms in total. The molecule has 2 aliphatic rings. The molecule has 1 N–H and O–H groups in total. The summed E-state index contributed by atoms with van der Waals surface area (Å²) in [6.07, 6.45) is 9.59. The van der Waals surface area contributed by atoms with Crippen LogP contribution in [0.3, 0.4) is 0 Å². The van der Waals surface area contributed by atoms with Crippen molar-refractivity contribution in [3.8, 4) is 5.88 Å². The van der Waals surface area contributed by atoms with Crippen molar-refractivity contribution in [1.82, 2.24) is 20.3 Å². The van der Waals surface area contributed by atoms with Gasteiger partial charge in [-0.05, 0) is 50.2 Å². The number of benzene rings is 1. The molecule has 1 aromatic carbocycles. The molecule has 4 heterocycles. The molecule has 0 radical (unpaired) electrons. The fourth-order valence-corrected chi connectivity index (χ4v) is 4.06. The third kappa shape index (κ3) is 6.50. The van der Waals surface area contributed by atoms with Crippen molar-refractivity contribution in [2.24, 2.45) is 0 Å². The summed E-state index contributed by atoms with van der Waals surface area (Å²) in [6, 6.07) is 9.86. The van der Waals surface area contributed by atoms with Gasteiger partial charge in [0, 0.05) is 43.1 Å². The highest BCUT2D eigenvalue weighted by molar-refractivity contribution is 6.34. The van der Waals surface area contributed by atoms with E-state index in [0.29, 0.717) is 11.1 Å². The fourth-order valence-electron chi connectivity index (χ4n) is 3.83. The second-order valence-corrected chi connectivity index (χ2v) is 7.88. The Morgan fingerprint density at radius 1 is 0.903 bits per heavy atom. The number of pyridine rings is 1. The average molecular weight is 463 g/mol. The number of halogens is 2. The molecule has 31 heavy (non-hydrogen) atoms. The molecule has 0 spiro atoms. The Labute approximate surface area is 194 Å². The lowest BCUT2D eigenvalue weighted by Crippen LogP contribution is -2.34. The molecule has 8 heteroatoms. The first kappa shape index (κ1) is 23.7. The average Bonchev–Trinajstić information content (AvgIpc) is 2.82. The first-order chi connectivity index (χ1) is 14.8. The molecule has 2 aromatic heterocycles. The summed E-state index contributed by atoms with van der Waals surface area (Å²) >= 11 is 5.85. The van der Waals surface area contributed by atoms with Crippen LogP contribution in [0.5, 0.6) is 5.88 Å². The highest BCUT2D eigenvalue weighted by Crippen LogP contribution is 2.31. The van der Waals surface area contributed by atoms with Crippen LogP contribution in [0.4, 0.5) is 0 Å². The number of ether oxygens (including phenoxy) is 2. The van der Waals surface area contributed by atoms with Gasteiger partial charge in [-0.3, -0.25) is 4.98 Å². The Morgan fingerprint density at radius 3 is 2.42 bits per heavy atom. The van der Waals surface area contributed by atoms with Crippen molar-refractivity contribution in [3.05, 3.63) is 59.8 Å². The minimum Gasteiger partial charge on any atom is -0.473 e. The summed E-state index contributed by atoms with van der Waals surface area (Å²) in [5, 5.41) is 6.06. The lowest BCUT2D eigenvalue weighted by atomic mass is 9.96. The van der Waals surface area contributed by atoms with Crippen LogP contribution >= 0.6 is 24.0 Å². The Bertz CT molecular complexity index is 942. The summed E-state index contributed by atoms with van der Waals surface area (Å²) in [5.74, 6) is 1.17. The molecule has 0 aliphatic carbocycles. The van der Waals surface area contributed by atoms with Crippen LogP contribution in [0.25, 0.3) is 10.8 Å². The third-order valence-corrected chi connectivity index (χ3v) is 5.79. The van der Waals surface area contributed by atoms with E-state index >= 15 is 0 Å². The van der Waals surface area contributed by atoms with E-state index in [1.165, 1.54) is 0 Å². The number of nitrogens with zero attached hydrogens (tertiary/aromatic N) is 3. The lowest BCUT2D eigenvalue weighted by molar-refractivity contribution is 0.0821. The molecule has 0 saturated carbocycles. The number of aromatic nitrogens is 3. The molecule has 3 aromatic rings. The minimum atomic E-state index is 0. The normalized spacial score (nSPS) is 17.3.